The molecule has 1 aromatic rings. The Kier molecular flexibility index (Phi) is 4.39. The van der Waals surface area contributed by atoms with Crippen LogP contribution in [0.25, 0.3) is 0 Å². The third kappa shape index (κ3) is 3.47. The van der Waals surface area contributed by atoms with E-state index in [0.717, 1.165) is 18.5 Å². The molecule has 102 valence electrons. The lowest BCUT2D eigenvalue weighted by atomic mass is 9.97. The summed E-state index contributed by atoms with van der Waals surface area (Å²) in [6.07, 6.45) is 1.26. The van der Waals surface area contributed by atoms with Crippen molar-refractivity contribution in [2.45, 2.75) is 12.8 Å². The van der Waals surface area contributed by atoms with E-state index in [4.69, 9.17) is 4.74 Å². The molecule has 19 heavy (non-hydrogen) atoms. The number of anilines is 1. The van der Waals surface area contributed by atoms with Crippen molar-refractivity contribution < 1.29 is 14.3 Å². The van der Waals surface area contributed by atoms with Crippen molar-refractivity contribution in [2.75, 3.05) is 25.5 Å². The van der Waals surface area contributed by atoms with E-state index in [0.29, 0.717) is 13.1 Å². The van der Waals surface area contributed by atoms with Crippen molar-refractivity contribution in [2.24, 2.45) is 5.92 Å². The highest BCUT2D eigenvalue weighted by Crippen LogP contribution is 2.19. The number of hydrogen-bond donors (Lipinski definition) is 1. The van der Waals surface area contributed by atoms with Crippen LogP contribution in [0.1, 0.15) is 12.8 Å². The van der Waals surface area contributed by atoms with Crippen molar-refractivity contribution in [3.63, 3.8) is 0 Å². The highest BCUT2D eigenvalue weighted by atomic mass is 16.5. The number of hydrogen-bond acceptors (Lipinski definition) is 3. The van der Waals surface area contributed by atoms with Gasteiger partial charge in [-0.1, -0.05) is 18.2 Å². The fourth-order valence-electron chi connectivity index (χ4n) is 2.25. The Balaban J connectivity index is 1.94. The Hall–Kier alpha value is -2.04. The highest BCUT2D eigenvalue weighted by Gasteiger charge is 2.28. The summed E-state index contributed by atoms with van der Waals surface area (Å²) in [4.78, 5) is 25.2. The molecule has 1 fully saturated rings. The first kappa shape index (κ1) is 13.4. The monoisotopic (exact) mass is 262 g/mol. The van der Waals surface area contributed by atoms with Gasteiger partial charge < -0.3 is 15.0 Å². The molecule has 1 aromatic carbocycles. The van der Waals surface area contributed by atoms with Crippen LogP contribution in [0.5, 0.6) is 0 Å². The molecular weight excluding hydrogens is 244 g/mol. The summed E-state index contributed by atoms with van der Waals surface area (Å²) in [7, 11) is 1.36. The Morgan fingerprint density at radius 3 is 2.74 bits per heavy atom. The summed E-state index contributed by atoms with van der Waals surface area (Å²) in [6.45, 7) is 1.08. The lowest BCUT2D eigenvalue weighted by Gasteiger charge is -2.30. The number of carbonyl (C=O) groups is 2. The Labute approximate surface area is 112 Å². The predicted octanol–water partition coefficient (Wildman–Crippen LogP) is 2.10. The smallest absolute Gasteiger partial charge is 0.409 e. The average molecular weight is 262 g/mol. The molecule has 2 amide bonds. The molecule has 0 unspecified atom stereocenters. The molecule has 0 saturated carbocycles. The number of para-hydroxylation sites is 1. The van der Waals surface area contributed by atoms with E-state index in [1.54, 1.807) is 4.90 Å². The van der Waals surface area contributed by atoms with Crippen molar-refractivity contribution >= 4 is 17.7 Å². The van der Waals surface area contributed by atoms with Gasteiger partial charge in [-0.2, -0.15) is 0 Å². The number of rotatable bonds is 2. The van der Waals surface area contributed by atoms with E-state index in [9.17, 15) is 9.59 Å². The summed E-state index contributed by atoms with van der Waals surface area (Å²) in [5.74, 6) is -0.215. The van der Waals surface area contributed by atoms with E-state index in [-0.39, 0.29) is 17.9 Å². The molecular formula is C14H18N2O3. The molecule has 1 heterocycles. The number of likely N-dealkylation sites (tertiary alicyclic amines) is 1. The van der Waals surface area contributed by atoms with Gasteiger partial charge in [-0.05, 0) is 25.0 Å². The van der Waals surface area contributed by atoms with Crippen LogP contribution < -0.4 is 5.32 Å². The van der Waals surface area contributed by atoms with Gasteiger partial charge in [0.05, 0.1) is 13.0 Å². The summed E-state index contributed by atoms with van der Waals surface area (Å²) in [5.41, 5.74) is 0.780. The SMILES string of the molecule is COC(=O)N1CCC[C@@H](C(=O)Nc2ccccc2)C1. The zero-order valence-corrected chi connectivity index (χ0v) is 11.0. The van der Waals surface area contributed by atoms with Crippen LogP contribution in [0.2, 0.25) is 0 Å². The molecule has 0 radical (unpaired) electrons. The largest absolute Gasteiger partial charge is 0.453 e. The lowest BCUT2D eigenvalue weighted by molar-refractivity contribution is -0.121. The maximum Gasteiger partial charge on any atom is 0.409 e. The van der Waals surface area contributed by atoms with E-state index in [1.807, 2.05) is 30.3 Å². The molecule has 1 atom stereocenters. The van der Waals surface area contributed by atoms with Gasteiger partial charge in [-0.3, -0.25) is 4.79 Å². The molecule has 5 nitrogen and oxygen atoms in total. The molecule has 1 aliphatic heterocycles. The highest BCUT2D eigenvalue weighted by molar-refractivity contribution is 5.93. The molecule has 5 heteroatoms. The molecule has 0 spiro atoms. The summed E-state index contributed by atoms with van der Waals surface area (Å²) >= 11 is 0. The number of ether oxygens (including phenoxy) is 1. The van der Waals surface area contributed by atoms with Gasteiger partial charge in [-0.15, -0.1) is 0 Å². The van der Waals surface area contributed by atoms with Gasteiger partial charge in [0.2, 0.25) is 5.91 Å². The standard InChI is InChI=1S/C14H18N2O3/c1-19-14(18)16-9-5-6-11(10-16)13(17)15-12-7-3-2-4-8-12/h2-4,7-8,11H,5-6,9-10H2,1H3,(H,15,17)/t11-/m1/s1. The number of amides is 2. The minimum Gasteiger partial charge on any atom is -0.453 e. The van der Waals surface area contributed by atoms with Crippen LogP contribution in [-0.2, 0) is 9.53 Å². The Bertz CT molecular complexity index is 447. The first-order chi connectivity index (χ1) is 9.20. The second-order valence-electron chi connectivity index (χ2n) is 4.61. The van der Waals surface area contributed by atoms with Crippen LogP contribution in [-0.4, -0.2) is 37.1 Å². The van der Waals surface area contributed by atoms with Crippen LogP contribution in [0.15, 0.2) is 30.3 Å². The zero-order chi connectivity index (χ0) is 13.7. The van der Waals surface area contributed by atoms with Crippen molar-refractivity contribution in [1.82, 2.24) is 4.90 Å². The minimum absolute atomic E-state index is 0.0418. The number of nitrogens with zero attached hydrogens (tertiary/aromatic N) is 1. The Morgan fingerprint density at radius 1 is 1.32 bits per heavy atom. The molecule has 0 bridgehead atoms. The molecule has 2 rings (SSSR count). The van der Waals surface area contributed by atoms with Crippen molar-refractivity contribution in [3.8, 4) is 0 Å². The fourth-order valence-corrected chi connectivity index (χ4v) is 2.25. The van der Waals surface area contributed by atoms with Crippen molar-refractivity contribution in [1.29, 1.82) is 0 Å². The molecule has 1 saturated heterocycles. The first-order valence-electron chi connectivity index (χ1n) is 6.39. The second-order valence-corrected chi connectivity index (χ2v) is 4.61. The third-order valence-corrected chi connectivity index (χ3v) is 3.27. The summed E-state index contributed by atoms with van der Waals surface area (Å²) < 4.78 is 4.69. The summed E-state index contributed by atoms with van der Waals surface area (Å²) in [5, 5.41) is 2.87. The third-order valence-electron chi connectivity index (χ3n) is 3.27. The van der Waals surface area contributed by atoms with Crippen LogP contribution in [0, 0.1) is 5.92 Å². The number of nitrogens with one attached hydrogen (secondary N) is 1. The van der Waals surface area contributed by atoms with Crippen molar-refractivity contribution in [3.05, 3.63) is 30.3 Å². The number of benzene rings is 1. The molecule has 1 aliphatic rings. The van der Waals surface area contributed by atoms with Crippen LogP contribution in [0.3, 0.4) is 0 Å². The van der Waals surface area contributed by atoms with E-state index in [2.05, 4.69) is 5.32 Å². The molecule has 1 N–H and O–H groups in total. The van der Waals surface area contributed by atoms with Gasteiger partial charge in [0.25, 0.3) is 0 Å². The quantitative estimate of drug-likeness (QED) is 0.888. The number of methoxy groups -OCH3 is 1. The predicted molar refractivity (Wildman–Crippen MR) is 71.8 cm³/mol. The maximum absolute atomic E-state index is 12.1. The maximum atomic E-state index is 12.1. The van der Waals surface area contributed by atoms with Gasteiger partial charge in [0, 0.05) is 18.8 Å². The number of piperidine rings is 1. The first-order valence-corrected chi connectivity index (χ1v) is 6.39. The average Bonchev–Trinajstić information content (AvgIpc) is 2.47. The summed E-state index contributed by atoms with van der Waals surface area (Å²) in [6, 6.07) is 9.33. The normalized spacial score (nSPS) is 18.8. The van der Waals surface area contributed by atoms with E-state index >= 15 is 0 Å². The van der Waals surface area contributed by atoms with Gasteiger partial charge in [0.15, 0.2) is 0 Å². The van der Waals surface area contributed by atoms with Crippen LogP contribution >= 0.6 is 0 Å². The second kappa shape index (κ2) is 6.22. The van der Waals surface area contributed by atoms with E-state index < -0.39 is 0 Å². The van der Waals surface area contributed by atoms with E-state index in [1.165, 1.54) is 7.11 Å². The number of carbonyl (C=O) groups excluding carboxylic acids is 2. The Morgan fingerprint density at radius 2 is 2.05 bits per heavy atom. The minimum atomic E-state index is -0.364. The fraction of sp³-hybridized carbons (Fsp3) is 0.429. The molecule has 0 aliphatic carbocycles. The topological polar surface area (TPSA) is 58.6 Å². The van der Waals surface area contributed by atoms with Gasteiger partial charge in [-0.25, -0.2) is 4.79 Å². The van der Waals surface area contributed by atoms with Gasteiger partial charge in [0.1, 0.15) is 0 Å². The van der Waals surface area contributed by atoms with Gasteiger partial charge >= 0.3 is 6.09 Å². The lowest BCUT2D eigenvalue weighted by Crippen LogP contribution is -2.43. The molecule has 0 aromatic heterocycles. The van der Waals surface area contributed by atoms with Crippen LogP contribution in [0.4, 0.5) is 10.5 Å². The zero-order valence-electron chi connectivity index (χ0n) is 11.0.